The molecule has 20 heavy (non-hydrogen) atoms. The molecule has 0 aliphatic rings. The number of carboxylic acid groups (broad SMARTS) is 1. The zero-order chi connectivity index (χ0) is 14.9. The number of benzene rings is 1. The van der Waals surface area contributed by atoms with Crippen molar-refractivity contribution in [2.24, 2.45) is 0 Å². The van der Waals surface area contributed by atoms with Gasteiger partial charge in [0.1, 0.15) is 10.4 Å². The molecule has 2 aromatic rings. The number of thiophene rings is 1. The number of aryl methyl sites for hydroxylation is 1. The molecule has 2 rings (SSSR count). The summed E-state index contributed by atoms with van der Waals surface area (Å²) in [6.07, 6.45) is 0. The topological polar surface area (TPSA) is 66.4 Å². The minimum atomic E-state index is -1.21. The summed E-state index contributed by atoms with van der Waals surface area (Å²) in [5, 5.41) is 13.8. The molecule has 0 bridgehead atoms. The molecule has 0 fully saturated rings. The van der Waals surface area contributed by atoms with Crippen molar-refractivity contribution in [1.29, 1.82) is 0 Å². The molecule has 7 heteroatoms. The van der Waals surface area contributed by atoms with Crippen LogP contribution in [0.3, 0.4) is 0 Å². The van der Waals surface area contributed by atoms with Gasteiger partial charge in [-0.3, -0.25) is 4.79 Å². The molecule has 1 aromatic carbocycles. The van der Waals surface area contributed by atoms with E-state index >= 15 is 0 Å². The molecule has 0 saturated carbocycles. The van der Waals surface area contributed by atoms with Crippen LogP contribution in [0.4, 0.5) is 5.69 Å². The molecule has 104 valence electrons. The smallest absolute Gasteiger partial charge is 0.339 e. The minimum Gasteiger partial charge on any atom is -0.478 e. The van der Waals surface area contributed by atoms with Gasteiger partial charge in [0, 0.05) is 0 Å². The lowest BCUT2D eigenvalue weighted by molar-refractivity contribution is 0.0698. The van der Waals surface area contributed by atoms with E-state index in [1.807, 2.05) is 0 Å². The van der Waals surface area contributed by atoms with Gasteiger partial charge in [-0.15, -0.1) is 11.3 Å². The lowest BCUT2D eigenvalue weighted by Crippen LogP contribution is -2.14. The monoisotopic (exact) mass is 329 g/mol. The molecule has 4 nitrogen and oxygen atoms in total. The predicted octanol–water partition coefficient (Wildman–Crippen LogP) is 4.31. The average molecular weight is 330 g/mol. The van der Waals surface area contributed by atoms with Crippen LogP contribution in [0.2, 0.25) is 10.0 Å². The number of amides is 1. The predicted molar refractivity (Wildman–Crippen MR) is 80.4 cm³/mol. The number of carboxylic acids is 1. The summed E-state index contributed by atoms with van der Waals surface area (Å²) < 4.78 is 0. The quantitative estimate of drug-likeness (QED) is 0.881. The van der Waals surface area contributed by atoms with Crippen LogP contribution in [0, 0.1) is 6.92 Å². The molecule has 0 radical (unpaired) electrons. The minimum absolute atomic E-state index is 0.0590. The fourth-order valence-electron chi connectivity index (χ4n) is 1.61. The average Bonchev–Trinajstić information content (AvgIpc) is 2.69. The zero-order valence-electron chi connectivity index (χ0n) is 10.2. The van der Waals surface area contributed by atoms with Crippen molar-refractivity contribution >= 4 is 52.1 Å². The lowest BCUT2D eigenvalue weighted by atomic mass is 10.1. The second kappa shape index (κ2) is 5.83. The maximum atomic E-state index is 12.1. The van der Waals surface area contributed by atoms with Crippen LogP contribution in [0.1, 0.15) is 25.6 Å². The third-order valence-electron chi connectivity index (χ3n) is 2.58. The molecule has 0 aliphatic carbocycles. The Hall–Kier alpha value is -1.56. The first kappa shape index (κ1) is 14.8. The van der Waals surface area contributed by atoms with E-state index in [0.717, 1.165) is 5.56 Å². The maximum absolute atomic E-state index is 12.1. The van der Waals surface area contributed by atoms with E-state index in [0.29, 0.717) is 9.90 Å². The van der Waals surface area contributed by atoms with Crippen molar-refractivity contribution in [1.82, 2.24) is 0 Å². The molecular weight excluding hydrogens is 321 g/mol. The van der Waals surface area contributed by atoms with Crippen LogP contribution in [-0.4, -0.2) is 17.0 Å². The van der Waals surface area contributed by atoms with Crippen LogP contribution in [0.25, 0.3) is 0 Å². The first-order valence-corrected chi connectivity index (χ1v) is 7.12. The number of carbonyl (C=O) groups is 2. The Labute approximate surface area is 128 Å². The molecule has 0 unspecified atom stereocenters. The van der Waals surface area contributed by atoms with E-state index in [1.165, 1.54) is 23.5 Å². The largest absolute Gasteiger partial charge is 0.478 e. The number of rotatable bonds is 3. The highest BCUT2D eigenvalue weighted by molar-refractivity contribution is 7.13. The van der Waals surface area contributed by atoms with Crippen LogP contribution < -0.4 is 5.32 Å². The number of hydrogen-bond donors (Lipinski definition) is 2. The van der Waals surface area contributed by atoms with Crippen molar-refractivity contribution in [2.75, 3.05) is 5.32 Å². The second-order valence-electron chi connectivity index (χ2n) is 3.98. The van der Waals surface area contributed by atoms with Gasteiger partial charge >= 0.3 is 5.97 Å². The highest BCUT2D eigenvalue weighted by Crippen LogP contribution is 2.29. The van der Waals surface area contributed by atoms with E-state index in [1.54, 1.807) is 18.4 Å². The molecule has 0 spiro atoms. The number of hydrogen-bond acceptors (Lipinski definition) is 3. The first-order chi connectivity index (χ1) is 9.41. The van der Waals surface area contributed by atoms with E-state index in [9.17, 15) is 9.59 Å². The highest BCUT2D eigenvalue weighted by atomic mass is 35.5. The molecule has 0 atom stereocenters. The molecule has 0 saturated heterocycles. The Bertz CT molecular complexity index is 697. The van der Waals surface area contributed by atoms with Crippen LogP contribution >= 0.6 is 34.5 Å². The second-order valence-corrected chi connectivity index (χ2v) is 5.65. The summed E-state index contributed by atoms with van der Waals surface area (Å²) >= 11 is 13.0. The SMILES string of the molecule is Cc1csc(C(=O)Nc2cccc(Cl)c2C(=O)O)c1Cl. The zero-order valence-corrected chi connectivity index (χ0v) is 12.6. The molecular formula is C13H9Cl2NO3S. The van der Waals surface area contributed by atoms with E-state index in [2.05, 4.69) is 5.32 Å². The van der Waals surface area contributed by atoms with Crippen LogP contribution in [-0.2, 0) is 0 Å². The standard InChI is InChI=1S/C13H9Cl2NO3S/c1-6-5-20-11(10(6)15)12(17)16-8-4-2-3-7(14)9(8)13(18)19/h2-5H,1H3,(H,16,17)(H,18,19). The Morgan fingerprint density at radius 3 is 2.55 bits per heavy atom. The molecule has 2 N–H and O–H groups in total. The van der Waals surface area contributed by atoms with Gasteiger partial charge < -0.3 is 10.4 Å². The Balaban J connectivity index is 2.36. The normalized spacial score (nSPS) is 10.3. The van der Waals surface area contributed by atoms with Crippen molar-refractivity contribution in [2.45, 2.75) is 6.92 Å². The molecule has 1 heterocycles. The highest BCUT2D eigenvalue weighted by Gasteiger charge is 2.19. The van der Waals surface area contributed by atoms with Gasteiger partial charge in [-0.2, -0.15) is 0 Å². The third-order valence-corrected chi connectivity index (χ3v) is 4.59. The van der Waals surface area contributed by atoms with Crippen molar-refractivity contribution in [3.63, 3.8) is 0 Å². The van der Waals surface area contributed by atoms with Crippen molar-refractivity contribution < 1.29 is 14.7 Å². The summed E-state index contributed by atoms with van der Waals surface area (Å²) in [7, 11) is 0. The summed E-state index contributed by atoms with van der Waals surface area (Å²) in [5.74, 6) is -1.67. The Morgan fingerprint density at radius 1 is 1.30 bits per heavy atom. The van der Waals surface area contributed by atoms with Gasteiger partial charge in [-0.1, -0.05) is 29.3 Å². The Morgan fingerprint density at radius 2 is 2.00 bits per heavy atom. The lowest BCUT2D eigenvalue weighted by Gasteiger charge is -2.09. The van der Waals surface area contributed by atoms with Crippen molar-refractivity contribution in [3.05, 3.63) is 49.6 Å². The van der Waals surface area contributed by atoms with E-state index in [4.69, 9.17) is 28.3 Å². The summed E-state index contributed by atoms with van der Waals surface area (Å²) in [6.45, 7) is 1.79. The van der Waals surface area contributed by atoms with Gasteiger partial charge in [0.05, 0.1) is 15.7 Å². The van der Waals surface area contributed by atoms with Gasteiger partial charge in [0.2, 0.25) is 0 Å². The first-order valence-electron chi connectivity index (χ1n) is 5.48. The summed E-state index contributed by atoms with van der Waals surface area (Å²) in [4.78, 5) is 23.6. The van der Waals surface area contributed by atoms with Crippen molar-refractivity contribution in [3.8, 4) is 0 Å². The number of nitrogens with one attached hydrogen (secondary N) is 1. The van der Waals surface area contributed by atoms with Crippen LogP contribution in [0.15, 0.2) is 23.6 Å². The van der Waals surface area contributed by atoms with Crippen LogP contribution in [0.5, 0.6) is 0 Å². The fraction of sp³-hybridized carbons (Fsp3) is 0.0769. The van der Waals surface area contributed by atoms with E-state index < -0.39 is 11.9 Å². The molecule has 1 amide bonds. The number of aromatic carboxylic acids is 1. The number of halogens is 2. The Kier molecular flexibility index (Phi) is 4.32. The van der Waals surface area contributed by atoms with Gasteiger partial charge in [-0.05, 0) is 30.0 Å². The van der Waals surface area contributed by atoms with Gasteiger partial charge in [0.25, 0.3) is 5.91 Å². The van der Waals surface area contributed by atoms with E-state index in [-0.39, 0.29) is 16.3 Å². The van der Waals surface area contributed by atoms with Gasteiger partial charge in [0.15, 0.2) is 0 Å². The number of anilines is 1. The maximum Gasteiger partial charge on any atom is 0.339 e. The molecule has 0 aliphatic heterocycles. The summed E-state index contributed by atoms with van der Waals surface area (Å²) in [6, 6.07) is 4.48. The van der Waals surface area contributed by atoms with Gasteiger partial charge in [-0.25, -0.2) is 4.79 Å². The molecule has 1 aromatic heterocycles. The number of carbonyl (C=O) groups excluding carboxylic acids is 1. The summed E-state index contributed by atoms with van der Waals surface area (Å²) in [5.41, 5.74) is 0.787. The fourth-order valence-corrected chi connectivity index (χ4v) is 3.04. The third kappa shape index (κ3) is 2.80.